The number of carbonyl (C=O) groups is 1. The maximum atomic E-state index is 10.9. The number of aliphatic hydroxyl groups is 1. The summed E-state index contributed by atoms with van der Waals surface area (Å²) >= 11 is 0. The lowest BCUT2D eigenvalue weighted by Gasteiger charge is -2.16. The fraction of sp³-hybridized carbons (Fsp3) is 0.364. The minimum atomic E-state index is -0.909. The summed E-state index contributed by atoms with van der Waals surface area (Å²) in [6, 6.07) is 6.49. The van der Waals surface area contributed by atoms with E-state index in [2.05, 4.69) is 0 Å². The van der Waals surface area contributed by atoms with E-state index >= 15 is 0 Å². The van der Waals surface area contributed by atoms with Crippen LogP contribution in [0.2, 0.25) is 0 Å². The van der Waals surface area contributed by atoms with Gasteiger partial charge >= 0.3 is 0 Å². The lowest BCUT2D eigenvalue weighted by atomic mass is 9.99. The van der Waals surface area contributed by atoms with E-state index in [0.717, 1.165) is 5.56 Å². The summed E-state index contributed by atoms with van der Waals surface area (Å²) in [5, 5.41) is 9.70. The average molecular weight is 229 g/mol. The number of rotatable bonds is 3. The predicted octanol–water partition coefficient (Wildman–Crippen LogP) is -2.05. The highest BCUT2D eigenvalue weighted by Gasteiger charge is 2.20. The van der Waals surface area contributed by atoms with Crippen LogP contribution in [0.25, 0.3) is 0 Å². The Bertz CT molecular complexity index is 324. The van der Waals surface area contributed by atoms with Crippen molar-refractivity contribution in [3.05, 3.63) is 35.4 Å². The van der Waals surface area contributed by atoms with Crippen LogP contribution in [0.15, 0.2) is 24.3 Å². The second-order valence-electron chi connectivity index (χ2n) is 3.49. The molecule has 3 N–H and O–H groups in total. The molecule has 4 heteroatoms. The molecule has 0 saturated heterocycles. The van der Waals surface area contributed by atoms with Gasteiger partial charge in [0, 0.05) is 0 Å². The van der Waals surface area contributed by atoms with Crippen LogP contribution in [0.5, 0.6) is 0 Å². The van der Waals surface area contributed by atoms with Gasteiger partial charge in [0.05, 0.1) is 6.04 Å². The van der Waals surface area contributed by atoms with Crippen LogP contribution in [-0.2, 0) is 4.79 Å². The average Bonchev–Trinajstić information content (AvgIpc) is 2.16. The number of carbonyl (C=O) groups excluding carboxylic acids is 1. The highest BCUT2D eigenvalue weighted by molar-refractivity contribution is 5.82. The molecule has 0 aliphatic rings. The van der Waals surface area contributed by atoms with Crippen molar-refractivity contribution in [1.29, 1.82) is 0 Å². The molecular weight excluding hydrogens is 214 g/mol. The Balaban J connectivity index is 0.00000196. The number of halogens is 1. The van der Waals surface area contributed by atoms with Crippen LogP contribution in [0.1, 0.15) is 24.2 Å². The molecule has 0 heterocycles. The van der Waals surface area contributed by atoms with E-state index in [4.69, 9.17) is 5.73 Å². The minimum Gasteiger partial charge on any atom is -1.00 e. The molecule has 1 rings (SSSR count). The number of hydrogen-bond donors (Lipinski definition) is 2. The zero-order chi connectivity index (χ0) is 10.7. The summed E-state index contributed by atoms with van der Waals surface area (Å²) < 4.78 is 0. The van der Waals surface area contributed by atoms with Gasteiger partial charge in [-0.2, -0.15) is 0 Å². The topological polar surface area (TPSA) is 63.3 Å². The molecule has 0 spiro atoms. The van der Waals surface area contributed by atoms with Gasteiger partial charge in [-0.1, -0.05) is 29.8 Å². The number of aliphatic hydroxyl groups excluding tert-OH is 1. The van der Waals surface area contributed by atoms with Crippen LogP contribution < -0.4 is 18.1 Å². The SMILES string of the molecule is CC(=O)[C@@H](N)[C@H](O)c1ccc(C)cc1.[Cl-]. The van der Waals surface area contributed by atoms with Crippen molar-refractivity contribution in [3.63, 3.8) is 0 Å². The lowest BCUT2D eigenvalue weighted by Crippen LogP contribution is -3.00. The summed E-state index contributed by atoms with van der Waals surface area (Å²) in [6.07, 6.45) is -0.909. The summed E-state index contributed by atoms with van der Waals surface area (Å²) in [5.74, 6) is -0.210. The first kappa shape index (κ1) is 14.1. The van der Waals surface area contributed by atoms with Crippen molar-refractivity contribution in [3.8, 4) is 0 Å². The Morgan fingerprint density at radius 3 is 2.20 bits per heavy atom. The maximum Gasteiger partial charge on any atom is 0.149 e. The highest BCUT2D eigenvalue weighted by atomic mass is 35.5. The molecule has 0 bridgehead atoms. The van der Waals surface area contributed by atoms with E-state index in [9.17, 15) is 9.90 Å². The molecule has 1 aromatic carbocycles. The number of benzene rings is 1. The molecule has 0 aliphatic carbocycles. The van der Waals surface area contributed by atoms with E-state index in [1.807, 2.05) is 19.1 Å². The molecule has 2 atom stereocenters. The van der Waals surface area contributed by atoms with Crippen LogP contribution in [0.3, 0.4) is 0 Å². The molecule has 1 aromatic rings. The number of nitrogens with two attached hydrogens (primary N) is 1. The monoisotopic (exact) mass is 228 g/mol. The first-order chi connectivity index (χ1) is 6.52. The van der Waals surface area contributed by atoms with Crippen molar-refractivity contribution < 1.29 is 22.3 Å². The fourth-order valence-electron chi connectivity index (χ4n) is 1.19. The normalized spacial score (nSPS) is 13.9. The van der Waals surface area contributed by atoms with Gasteiger partial charge in [-0.25, -0.2) is 0 Å². The fourth-order valence-corrected chi connectivity index (χ4v) is 1.19. The first-order valence-electron chi connectivity index (χ1n) is 4.53. The third-order valence-corrected chi connectivity index (χ3v) is 2.23. The van der Waals surface area contributed by atoms with E-state index in [1.54, 1.807) is 12.1 Å². The molecule has 3 nitrogen and oxygen atoms in total. The molecule has 0 aliphatic heterocycles. The van der Waals surface area contributed by atoms with E-state index in [1.165, 1.54) is 6.92 Å². The molecule has 84 valence electrons. The summed E-state index contributed by atoms with van der Waals surface area (Å²) in [4.78, 5) is 10.9. The smallest absolute Gasteiger partial charge is 0.149 e. The number of ketones is 1. The maximum absolute atomic E-state index is 10.9. The van der Waals surface area contributed by atoms with Crippen molar-refractivity contribution in [2.75, 3.05) is 0 Å². The molecule has 0 fully saturated rings. The Hall–Kier alpha value is -0.900. The third-order valence-electron chi connectivity index (χ3n) is 2.23. The van der Waals surface area contributed by atoms with E-state index < -0.39 is 12.1 Å². The van der Waals surface area contributed by atoms with Crippen molar-refractivity contribution in [2.24, 2.45) is 5.73 Å². The quantitative estimate of drug-likeness (QED) is 0.626. The van der Waals surface area contributed by atoms with Gasteiger partial charge in [-0.3, -0.25) is 4.79 Å². The van der Waals surface area contributed by atoms with Gasteiger partial charge in [0.1, 0.15) is 11.9 Å². The molecule has 15 heavy (non-hydrogen) atoms. The molecule has 0 aromatic heterocycles. The van der Waals surface area contributed by atoms with Crippen molar-refractivity contribution in [1.82, 2.24) is 0 Å². The Labute approximate surface area is 95.7 Å². The lowest BCUT2D eigenvalue weighted by molar-refractivity contribution is -0.120. The van der Waals surface area contributed by atoms with Crippen LogP contribution in [-0.4, -0.2) is 16.9 Å². The number of Topliss-reactive ketones (excluding diaryl/α,β-unsaturated/α-hetero) is 1. The van der Waals surface area contributed by atoms with Gasteiger partial charge in [0.25, 0.3) is 0 Å². The Kier molecular flexibility index (Phi) is 5.50. The minimum absolute atomic E-state index is 0. The van der Waals surface area contributed by atoms with E-state index in [-0.39, 0.29) is 18.2 Å². The molecule has 0 radical (unpaired) electrons. The molecule has 0 unspecified atom stereocenters. The van der Waals surface area contributed by atoms with Crippen LogP contribution in [0.4, 0.5) is 0 Å². The van der Waals surface area contributed by atoms with Gasteiger partial charge < -0.3 is 23.2 Å². The molecule has 0 amide bonds. The second kappa shape index (κ2) is 5.85. The van der Waals surface area contributed by atoms with Crippen LogP contribution >= 0.6 is 0 Å². The first-order valence-corrected chi connectivity index (χ1v) is 4.53. The summed E-state index contributed by atoms with van der Waals surface area (Å²) in [5.41, 5.74) is 7.32. The van der Waals surface area contributed by atoms with Crippen molar-refractivity contribution in [2.45, 2.75) is 26.0 Å². The largest absolute Gasteiger partial charge is 1.00 e. The van der Waals surface area contributed by atoms with Gasteiger partial charge in [0.15, 0.2) is 0 Å². The number of hydrogen-bond acceptors (Lipinski definition) is 3. The number of aryl methyl sites for hydroxylation is 1. The van der Waals surface area contributed by atoms with Gasteiger partial charge in [-0.05, 0) is 19.4 Å². The predicted molar refractivity (Wildman–Crippen MR) is 54.8 cm³/mol. The van der Waals surface area contributed by atoms with Gasteiger partial charge in [0.2, 0.25) is 0 Å². The van der Waals surface area contributed by atoms with E-state index in [0.29, 0.717) is 5.56 Å². The second-order valence-corrected chi connectivity index (χ2v) is 3.49. The Morgan fingerprint density at radius 1 is 1.33 bits per heavy atom. The zero-order valence-corrected chi connectivity index (χ0v) is 9.53. The summed E-state index contributed by atoms with van der Waals surface area (Å²) in [6.45, 7) is 3.34. The molecular formula is C11H15ClNO2-. The standard InChI is InChI=1S/C11H15NO2.ClH/c1-7-3-5-9(6-4-7)11(14)10(12)8(2)13;/h3-6,10-11,14H,12H2,1-2H3;1H/p-1/t10-,11-;/m1./s1. The van der Waals surface area contributed by atoms with Gasteiger partial charge in [-0.15, -0.1) is 0 Å². The van der Waals surface area contributed by atoms with Crippen LogP contribution in [0, 0.1) is 6.92 Å². The Morgan fingerprint density at radius 2 is 1.80 bits per heavy atom. The molecule has 0 saturated carbocycles. The third kappa shape index (κ3) is 3.63. The van der Waals surface area contributed by atoms with Crippen molar-refractivity contribution >= 4 is 5.78 Å². The zero-order valence-electron chi connectivity index (χ0n) is 8.77. The summed E-state index contributed by atoms with van der Waals surface area (Å²) in [7, 11) is 0. The highest BCUT2D eigenvalue weighted by Crippen LogP contribution is 2.16.